The molecule has 0 saturated heterocycles. The number of carbonyl (C=O) groups excluding carboxylic acids is 1. The summed E-state index contributed by atoms with van der Waals surface area (Å²) in [5.74, 6) is 0.436. The van der Waals surface area contributed by atoms with Gasteiger partial charge in [0, 0.05) is 6.04 Å². The molecule has 0 spiro atoms. The van der Waals surface area contributed by atoms with Crippen LogP contribution in [-0.4, -0.2) is 22.2 Å². The van der Waals surface area contributed by atoms with Gasteiger partial charge in [-0.3, -0.25) is 4.79 Å². The molecule has 1 aliphatic carbocycles. The first-order valence-corrected chi connectivity index (χ1v) is 6.83. The van der Waals surface area contributed by atoms with Crippen molar-refractivity contribution in [2.75, 3.05) is 0 Å². The molecule has 2 rings (SSSR count). The lowest BCUT2D eigenvalue weighted by Gasteiger charge is -2.27. The number of aliphatic hydroxyl groups is 1. The van der Waals surface area contributed by atoms with Gasteiger partial charge >= 0.3 is 0 Å². The molecule has 0 bridgehead atoms. The first-order chi connectivity index (χ1) is 9.10. The number of amides is 1. The number of phenolic OH excluding ortho intramolecular Hbond substituents is 1. The highest BCUT2D eigenvalue weighted by atomic mass is 16.3. The van der Waals surface area contributed by atoms with Crippen molar-refractivity contribution in [3.05, 3.63) is 29.3 Å². The Balaban J connectivity index is 2.03. The molecule has 0 unspecified atom stereocenters. The Labute approximate surface area is 113 Å². The van der Waals surface area contributed by atoms with Crippen molar-refractivity contribution < 1.29 is 15.0 Å². The smallest absolute Gasteiger partial charge is 0.255 e. The van der Waals surface area contributed by atoms with E-state index in [1.165, 1.54) is 12.1 Å². The highest BCUT2D eigenvalue weighted by molar-refractivity contribution is 5.97. The lowest BCUT2D eigenvalue weighted by Crippen LogP contribution is -2.37. The Morgan fingerprint density at radius 1 is 1.32 bits per heavy atom. The average Bonchev–Trinajstić information content (AvgIpc) is 2.42. The lowest BCUT2D eigenvalue weighted by molar-refractivity contribution is 0.0920. The summed E-state index contributed by atoms with van der Waals surface area (Å²) < 4.78 is 0. The van der Waals surface area contributed by atoms with Gasteiger partial charge in [-0.25, -0.2) is 0 Å². The summed E-state index contributed by atoms with van der Waals surface area (Å²) in [7, 11) is 0. The van der Waals surface area contributed by atoms with E-state index in [-0.39, 0.29) is 29.9 Å². The van der Waals surface area contributed by atoms with E-state index in [0.717, 1.165) is 31.6 Å². The van der Waals surface area contributed by atoms with Crippen molar-refractivity contribution in [3.63, 3.8) is 0 Å². The first kappa shape index (κ1) is 13.9. The number of rotatable bonds is 3. The van der Waals surface area contributed by atoms with Gasteiger partial charge in [0.25, 0.3) is 5.91 Å². The number of benzene rings is 1. The Kier molecular flexibility index (Phi) is 4.43. The molecule has 0 atom stereocenters. The van der Waals surface area contributed by atoms with Crippen molar-refractivity contribution in [2.45, 2.75) is 45.3 Å². The molecule has 3 N–H and O–H groups in total. The fraction of sp³-hybridized carbons (Fsp3) is 0.533. The van der Waals surface area contributed by atoms with Crippen molar-refractivity contribution in [1.82, 2.24) is 5.32 Å². The van der Waals surface area contributed by atoms with Gasteiger partial charge < -0.3 is 15.5 Å². The van der Waals surface area contributed by atoms with E-state index in [1.54, 1.807) is 6.07 Å². The number of hydrogen-bond donors (Lipinski definition) is 3. The second kappa shape index (κ2) is 6.06. The number of hydrogen-bond acceptors (Lipinski definition) is 3. The normalized spacial score (nSPS) is 23.1. The second-order valence-electron chi connectivity index (χ2n) is 5.44. The molecule has 1 aromatic carbocycles. The Morgan fingerprint density at radius 2 is 2.00 bits per heavy atom. The molecular weight excluding hydrogens is 242 g/mol. The van der Waals surface area contributed by atoms with Crippen molar-refractivity contribution in [2.24, 2.45) is 5.92 Å². The monoisotopic (exact) mass is 263 g/mol. The fourth-order valence-corrected chi connectivity index (χ4v) is 2.53. The van der Waals surface area contributed by atoms with Gasteiger partial charge in [0.05, 0.1) is 12.2 Å². The quantitative estimate of drug-likeness (QED) is 0.783. The van der Waals surface area contributed by atoms with Gasteiger partial charge in [-0.15, -0.1) is 0 Å². The molecule has 0 radical (unpaired) electrons. The van der Waals surface area contributed by atoms with Crippen molar-refractivity contribution >= 4 is 5.91 Å². The Morgan fingerprint density at radius 3 is 2.63 bits per heavy atom. The molecule has 1 amide bonds. The zero-order valence-corrected chi connectivity index (χ0v) is 11.2. The van der Waals surface area contributed by atoms with E-state index in [4.69, 9.17) is 5.11 Å². The van der Waals surface area contributed by atoms with Crippen LogP contribution in [0.15, 0.2) is 18.2 Å². The maximum absolute atomic E-state index is 12.1. The molecule has 1 aromatic rings. The van der Waals surface area contributed by atoms with E-state index in [9.17, 15) is 9.90 Å². The predicted molar refractivity (Wildman–Crippen MR) is 72.9 cm³/mol. The summed E-state index contributed by atoms with van der Waals surface area (Å²) in [5, 5.41) is 21.8. The summed E-state index contributed by atoms with van der Waals surface area (Å²) >= 11 is 0. The zero-order valence-electron chi connectivity index (χ0n) is 11.2. The van der Waals surface area contributed by atoms with Crippen LogP contribution < -0.4 is 5.32 Å². The van der Waals surface area contributed by atoms with E-state index >= 15 is 0 Å². The van der Waals surface area contributed by atoms with Gasteiger partial charge in [0.2, 0.25) is 0 Å². The van der Waals surface area contributed by atoms with Crippen LogP contribution in [0.2, 0.25) is 0 Å². The van der Waals surface area contributed by atoms with Crippen LogP contribution in [0.25, 0.3) is 0 Å². The van der Waals surface area contributed by atoms with Crippen LogP contribution in [0.1, 0.15) is 48.5 Å². The lowest BCUT2D eigenvalue weighted by atomic mass is 9.87. The number of carbonyl (C=O) groups is 1. The summed E-state index contributed by atoms with van der Waals surface area (Å²) in [6.07, 6.45) is 4.25. The molecule has 19 heavy (non-hydrogen) atoms. The molecule has 104 valence electrons. The average molecular weight is 263 g/mol. The molecule has 4 nitrogen and oxygen atoms in total. The molecular formula is C15H21NO3. The van der Waals surface area contributed by atoms with Crippen LogP contribution in [0, 0.1) is 5.92 Å². The maximum atomic E-state index is 12.1. The highest BCUT2D eigenvalue weighted by Crippen LogP contribution is 2.24. The minimum Gasteiger partial charge on any atom is -0.507 e. The van der Waals surface area contributed by atoms with E-state index in [1.807, 2.05) is 0 Å². The number of phenols is 1. The molecule has 0 aliphatic heterocycles. The summed E-state index contributed by atoms with van der Waals surface area (Å²) in [6, 6.07) is 4.79. The van der Waals surface area contributed by atoms with Crippen LogP contribution >= 0.6 is 0 Å². The topological polar surface area (TPSA) is 69.6 Å². The second-order valence-corrected chi connectivity index (χ2v) is 5.44. The third-order valence-corrected chi connectivity index (χ3v) is 3.84. The molecule has 1 aliphatic rings. The van der Waals surface area contributed by atoms with Gasteiger partial charge in [-0.05, 0) is 49.3 Å². The van der Waals surface area contributed by atoms with Crippen LogP contribution in [0.3, 0.4) is 0 Å². The Bertz CT molecular complexity index is 451. The van der Waals surface area contributed by atoms with Gasteiger partial charge in [-0.1, -0.05) is 13.0 Å². The molecule has 0 aromatic heterocycles. The fourth-order valence-electron chi connectivity index (χ4n) is 2.53. The highest BCUT2D eigenvalue weighted by Gasteiger charge is 2.21. The van der Waals surface area contributed by atoms with E-state index in [0.29, 0.717) is 5.56 Å². The van der Waals surface area contributed by atoms with Gasteiger partial charge in [0.1, 0.15) is 5.75 Å². The van der Waals surface area contributed by atoms with Crippen LogP contribution in [0.4, 0.5) is 0 Å². The summed E-state index contributed by atoms with van der Waals surface area (Å²) in [5.41, 5.74) is 0.866. The third-order valence-electron chi connectivity index (χ3n) is 3.84. The number of nitrogens with one attached hydrogen (secondary N) is 1. The molecule has 1 saturated carbocycles. The SMILES string of the molecule is CC1CCC(NC(=O)c2cc(CO)ccc2O)CC1. The van der Waals surface area contributed by atoms with Crippen molar-refractivity contribution in [1.29, 1.82) is 0 Å². The predicted octanol–water partition coefficient (Wildman–Crippen LogP) is 2.19. The van der Waals surface area contributed by atoms with E-state index < -0.39 is 0 Å². The first-order valence-electron chi connectivity index (χ1n) is 6.83. The summed E-state index contributed by atoms with van der Waals surface area (Å²) in [6.45, 7) is 2.09. The number of aliphatic hydroxyl groups excluding tert-OH is 1. The van der Waals surface area contributed by atoms with Crippen LogP contribution in [-0.2, 0) is 6.61 Å². The minimum absolute atomic E-state index is 0.0427. The largest absolute Gasteiger partial charge is 0.507 e. The maximum Gasteiger partial charge on any atom is 0.255 e. The van der Waals surface area contributed by atoms with E-state index in [2.05, 4.69) is 12.2 Å². The Hall–Kier alpha value is -1.55. The minimum atomic E-state index is -0.257. The summed E-state index contributed by atoms with van der Waals surface area (Å²) in [4.78, 5) is 12.1. The number of aromatic hydroxyl groups is 1. The third kappa shape index (κ3) is 3.47. The zero-order chi connectivity index (χ0) is 13.8. The molecule has 1 fully saturated rings. The van der Waals surface area contributed by atoms with Gasteiger partial charge in [-0.2, -0.15) is 0 Å². The van der Waals surface area contributed by atoms with Gasteiger partial charge in [0.15, 0.2) is 0 Å². The van der Waals surface area contributed by atoms with Crippen molar-refractivity contribution in [3.8, 4) is 5.75 Å². The molecule has 0 heterocycles. The van der Waals surface area contributed by atoms with Crippen LogP contribution in [0.5, 0.6) is 5.75 Å². The molecule has 4 heteroatoms. The standard InChI is InChI=1S/C15H21NO3/c1-10-2-5-12(6-3-10)16-15(19)13-8-11(9-17)4-7-14(13)18/h4,7-8,10,12,17-18H,2-3,5-6,9H2,1H3,(H,16,19).